The van der Waals surface area contributed by atoms with E-state index in [1.165, 1.54) is 11.1 Å². The summed E-state index contributed by atoms with van der Waals surface area (Å²) >= 11 is 0. The fraction of sp³-hybridized carbons (Fsp3) is 0.300. The average molecular weight is 146 g/mol. The molecule has 56 valence electrons. The van der Waals surface area contributed by atoms with E-state index in [-0.39, 0.29) is 0 Å². The fourth-order valence-corrected chi connectivity index (χ4v) is 1.33. The standard InChI is InChI=1S/C10H10O/c1-8-3-2-4-10-9(7-8)5-6-11-10/h3-4,7H,5-6H2,1H3. The molecule has 0 saturated carbocycles. The van der Waals surface area contributed by atoms with Crippen LogP contribution in [-0.4, -0.2) is 6.61 Å². The Kier molecular flexibility index (Phi) is 1.45. The second kappa shape index (κ2) is 2.44. The lowest BCUT2D eigenvalue weighted by Crippen LogP contribution is -1.78. The van der Waals surface area contributed by atoms with Crippen LogP contribution in [0.2, 0.25) is 0 Å². The predicted molar refractivity (Wildman–Crippen MR) is 44.0 cm³/mol. The van der Waals surface area contributed by atoms with Crippen molar-refractivity contribution >= 4 is 0 Å². The molecule has 0 fully saturated rings. The molecule has 0 aromatic rings. The summed E-state index contributed by atoms with van der Waals surface area (Å²) in [7, 11) is 0. The minimum Gasteiger partial charge on any atom is -0.492 e. The van der Waals surface area contributed by atoms with Gasteiger partial charge in [0, 0.05) is 12.5 Å². The number of ether oxygens (including phenoxy) is 1. The van der Waals surface area contributed by atoms with Crippen LogP contribution >= 0.6 is 0 Å². The van der Waals surface area contributed by atoms with E-state index in [1.54, 1.807) is 0 Å². The van der Waals surface area contributed by atoms with Crippen LogP contribution in [0.5, 0.6) is 0 Å². The van der Waals surface area contributed by atoms with Gasteiger partial charge in [0.25, 0.3) is 0 Å². The summed E-state index contributed by atoms with van der Waals surface area (Å²) < 4.78 is 5.38. The van der Waals surface area contributed by atoms with Gasteiger partial charge in [-0.25, -0.2) is 0 Å². The molecule has 0 radical (unpaired) electrons. The maximum Gasteiger partial charge on any atom is 0.130 e. The quantitative estimate of drug-likeness (QED) is 0.476. The third kappa shape index (κ3) is 1.15. The molecule has 1 aliphatic carbocycles. The van der Waals surface area contributed by atoms with E-state index in [1.807, 2.05) is 12.2 Å². The van der Waals surface area contributed by atoms with E-state index in [0.29, 0.717) is 0 Å². The first-order valence-corrected chi connectivity index (χ1v) is 3.83. The van der Waals surface area contributed by atoms with Gasteiger partial charge in [-0.1, -0.05) is 6.08 Å². The Morgan fingerprint density at radius 3 is 3.27 bits per heavy atom. The number of rotatable bonds is 0. The summed E-state index contributed by atoms with van der Waals surface area (Å²) in [6, 6.07) is 0. The Hall–Kier alpha value is -1.20. The molecular formula is C10H10O. The maximum absolute atomic E-state index is 5.38. The average Bonchev–Trinajstić information content (AvgIpc) is 2.31. The van der Waals surface area contributed by atoms with Gasteiger partial charge in [-0.3, -0.25) is 0 Å². The molecule has 1 aliphatic heterocycles. The van der Waals surface area contributed by atoms with Crippen molar-refractivity contribution in [3.8, 4) is 0 Å². The summed E-state index contributed by atoms with van der Waals surface area (Å²) in [6.07, 6.45) is 7.09. The Morgan fingerprint density at radius 1 is 1.45 bits per heavy atom. The van der Waals surface area contributed by atoms with Crippen molar-refractivity contribution in [1.29, 1.82) is 0 Å². The van der Waals surface area contributed by atoms with E-state index >= 15 is 0 Å². The first kappa shape index (κ1) is 6.51. The summed E-state index contributed by atoms with van der Waals surface area (Å²) in [5.41, 5.74) is 5.62. The van der Waals surface area contributed by atoms with Crippen LogP contribution in [0, 0.1) is 0 Å². The largest absolute Gasteiger partial charge is 0.492 e. The first-order chi connectivity index (χ1) is 5.36. The lowest BCUT2D eigenvalue weighted by molar-refractivity contribution is 0.257. The van der Waals surface area contributed by atoms with Crippen LogP contribution in [0.25, 0.3) is 0 Å². The highest BCUT2D eigenvalue weighted by atomic mass is 16.5. The molecule has 2 aliphatic rings. The minimum atomic E-state index is 0.826. The Labute approximate surface area is 66.4 Å². The summed E-state index contributed by atoms with van der Waals surface area (Å²) in [4.78, 5) is 0. The second-order valence-corrected chi connectivity index (χ2v) is 2.83. The van der Waals surface area contributed by atoms with E-state index < -0.39 is 0 Å². The normalized spacial score (nSPS) is 21.0. The lowest BCUT2D eigenvalue weighted by atomic mass is 10.1. The maximum atomic E-state index is 5.38. The molecule has 0 atom stereocenters. The van der Waals surface area contributed by atoms with Crippen molar-refractivity contribution in [3.05, 3.63) is 40.9 Å². The molecule has 0 unspecified atom stereocenters. The van der Waals surface area contributed by atoms with Crippen LogP contribution in [-0.2, 0) is 4.74 Å². The van der Waals surface area contributed by atoms with Gasteiger partial charge in [0.15, 0.2) is 0 Å². The van der Waals surface area contributed by atoms with Gasteiger partial charge in [0.2, 0.25) is 0 Å². The number of hydrogen-bond acceptors (Lipinski definition) is 1. The highest BCUT2D eigenvalue weighted by Crippen LogP contribution is 2.23. The Balaban J connectivity index is 2.46. The van der Waals surface area contributed by atoms with Crippen molar-refractivity contribution in [3.63, 3.8) is 0 Å². The van der Waals surface area contributed by atoms with E-state index in [0.717, 1.165) is 18.8 Å². The monoisotopic (exact) mass is 146 g/mol. The van der Waals surface area contributed by atoms with E-state index in [2.05, 4.69) is 18.7 Å². The molecule has 1 heteroatoms. The van der Waals surface area contributed by atoms with Crippen LogP contribution in [0.4, 0.5) is 0 Å². The van der Waals surface area contributed by atoms with E-state index in [9.17, 15) is 0 Å². The molecule has 11 heavy (non-hydrogen) atoms. The van der Waals surface area contributed by atoms with Crippen LogP contribution in [0.3, 0.4) is 0 Å². The van der Waals surface area contributed by atoms with Crippen LogP contribution < -0.4 is 0 Å². The number of hydrogen-bond donors (Lipinski definition) is 0. The SMILES string of the molecule is CC1=CC2=C(C=C=C1)OCC2. The minimum absolute atomic E-state index is 0.826. The smallest absolute Gasteiger partial charge is 0.130 e. The van der Waals surface area contributed by atoms with Crippen molar-refractivity contribution < 1.29 is 4.74 Å². The lowest BCUT2D eigenvalue weighted by Gasteiger charge is -1.93. The highest BCUT2D eigenvalue weighted by Gasteiger charge is 2.12. The summed E-state index contributed by atoms with van der Waals surface area (Å²) in [5, 5.41) is 0. The zero-order valence-electron chi connectivity index (χ0n) is 6.55. The molecule has 0 aromatic carbocycles. The van der Waals surface area contributed by atoms with Gasteiger partial charge in [-0.2, -0.15) is 0 Å². The number of allylic oxidation sites excluding steroid dienone is 3. The van der Waals surface area contributed by atoms with E-state index in [4.69, 9.17) is 4.74 Å². The Bertz CT molecular complexity index is 299. The van der Waals surface area contributed by atoms with Crippen molar-refractivity contribution in [2.45, 2.75) is 13.3 Å². The summed E-state index contributed by atoms with van der Waals surface area (Å²) in [6.45, 7) is 2.90. The van der Waals surface area contributed by atoms with Crippen molar-refractivity contribution in [1.82, 2.24) is 0 Å². The molecule has 1 heterocycles. The topological polar surface area (TPSA) is 9.23 Å². The molecule has 0 saturated heterocycles. The third-order valence-electron chi connectivity index (χ3n) is 1.87. The predicted octanol–water partition coefficient (Wildman–Crippen LogP) is 2.33. The fourth-order valence-electron chi connectivity index (χ4n) is 1.33. The third-order valence-corrected chi connectivity index (χ3v) is 1.87. The van der Waals surface area contributed by atoms with Gasteiger partial charge >= 0.3 is 0 Å². The first-order valence-electron chi connectivity index (χ1n) is 3.83. The van der Waals surface area contributed by atoms with Crippen molar-refractivity contribution in [2.24, 2.45) is 0 Å². The molecule has 0 bridgehead atoms. The van der Waals surface area contributed by atoms with Gasteiger partial charge in [0.1, 0.15) is 5.76 Å². The summed E-state index contributed by atoms with van der Waals surface area (Å²) in [5.74, 6) is 0.998. The molecule has 0 amide bonds. The van der Waals surface area contributed by atoms with Gasteiger partial charge in [0.05, 0.1) is 6.61 Å². The second-order valence-electron chi connectivity index (χ2n) is 2.83. The molecular weight excluding hydrogens is 136 g/mol. The molecule has 1 nitrogen and oxygen atoms in total. The van der Waals surface area contributed by atoms with Gasteiger partial charge in [-0.15, -0.1) is 5.73 Å². The van der Waals surface area contributed by atoms with Crippen LogP contribution in [0.1, 0.15) is 13.3 Å². The molecule has 0 aromatic heterocycles. The van der Waals surface area contributed by atoms with Crippen molar-refractivity contribution in [2.75, 3.05) is 6.61 Å². The molecule has 2 rings (SSSR count). The van der Waals surface area contributed by atoms with Gasteiger partial charge < -0.3 is 4.74 Å². The highest BCUT2D eigenvalue weighted by molar-refractivity contribution is 5.39. The molecule has 0 spiro atoms. The Morgan fingerprint density at radius 2 is 2.36 bits per heavy atom. The van der Waals surface area contributed by atoms with Gasteiger partial charge in [-0.05, 0) is 24.1 Å². The molecule has 0 N–H and O–H groups in total. The zero-order valence-corrected chi connectivity index (χ0v) is 6.55. The zero-order chi connectivity index (χ0) is 7.68. The van der Waals surface area contributed by atoms with Crippen LogP contribution in [0.15, 0.2) is 40.9 Å².